The number of anilines is 1. The fraction of sp³-hybridized carbons (Fsp3) is 0.125. The van der Waals surface area contributed by atoms with Gasteiger partial charge in [0.15, 0.2) is 0 Å². The molecule has 1 heterocycles. The highest BCUT2D eigenvalue weighted by Gasteiger charge is 2.12. The van der Waals surface area contributed by atoms with Gasteiger partial charge in [-0.25, -0.2) is 9.48 Å². The molecule has 0 aliphatic carbocycles. The first-order valence-corrected chi connectivity index (χ1v) is 7.66. The number of halogens is 1. The molecule has 3 rings (SSSR count). The molecule has 1 aromatic heterocycles. The Balaban J connectivity index is 1.62. The van der Waals surface area contributed by atoms with E-state index in [0.717, 1.165) is 11.3 Å². The van der Waals surface area contributed by atoms with E-state index in [1.807, 2.05) is 37.3 Å². The summed E-state index contributed by atoms with van der Waals surface area (Å²) in [7, 11) is 0. The molecule has 0 saturated carbocycles. The number of amides is 2. The van der Waals surface area contributed by atoms with Gasteiger partial charge in [0.1, 0.15) is 6.33 Å². The molecule has 0 fully saturated rings. The number of nitrogens with one attached hydrogen (secondary N) is 2. The van der Waals surface area contributed by atoms with Crippen molar-refractivity contribution in [2.75, 3.05) is 5.32 Å². The third kappa shape index (κ3) is 3.69. The normalized spacial score (nSPS) is 11.8. The first-order valence-electron chi connectivity index (χ1n) is 7.29. The van der Waals surface area contributed by atoms with Crippen LogP contribution in [0.4, 0.5) is 10.5 Å². The van der Waals surface area contributed by atoms with Crippen LogP contribution in [0.3, 0.4) is 0 Å². The Bertz CT molecular complexity index is 819. The van der Waals surface area contributed by atoms with Crippen LogP contribution in [-0.4, -0.2) is 26.2 Å². The Hall–Kier alpha value is -2.93. The molecule has 2 N–H and O–H groups in total. The molecule has 0 aliphatic rings. The summed E-state index contributed by atoms with van der Waals surface area (Å²) in [5.41, 5.74) is 2.33. The Kier molecular flexibility index (Phi) is 4.72. The van der Waals surface area contributed by atoms with Crippen molar-refractivity contribution in [1.29, 1.82) is 0 Å². The lowest BCUT2D eigenvalue weighted by molar-refractivity contribution is 0.249. The summed E-state index contributed by atoms with van der Waals surface area (Å²) in [6.45, 7) is 1.88. The van der Waals surface area contributed by atoms with Crippen LogP contribution >= 0.6 is 11.6 Å². The van der Waals surface area contributed by atoms with Crippen LogP contribution in [-0.2, 0) is 0 Å². The monoisotopic (exact) mass is 342 g/mol. The zero-order chi connectivity index (χ0) is 16.9. The van der Waals surface area contributed by atoms with Crippen LogP contribution in [0, 0.1) is 0 Å². The van der Waals surface area contributed by atoms with E-state index in [1.54, 1.807) is 18.2 Å². The van der Waals surface area contributed by atoms with Gasteiger partial charge in [-0.3, -0.25) is 0 Å². The quantitative estimate of drug-likeness (QED) is 0.762. The number of carbonyl (C=O) groups is 1. The lowest BCUT2D eigenvalue weighted by Crippen LogP contribution is -2.31. The number of benzene rings is 2. The highest BCUT2D eigenvalue weighted by atomic mass is 35.5. The van der Waals surface area contributed by atoms with E-state index < -0.39 is 0 Å². The van der Waals surface area contributed by atoms with Gasteiger partial charge in [-0.05, 0) is 53.2 Å². The van der Waals surface area contributed by atoms with Crippen LogP contribution in [0.1, 0.15) is 18.5 Å². The zero-order valence-electron chi connectivity index (χ0n) is 12.8. The SMILES string of the molecule is C[C@H](NC(=O)Nc1ccc(-n2cnnn2)cc1)c1ccccc1Cl. The van der Waals surface area contributed by atoms with Crippen LogP contribution in [0.25, 0.3) is 5.69 Å². The van der Waals surface area contributed by atoms with Crippen LogP contribution in [0.2, 0.25) is 5.02 Å². The van der Waals surface area contributed by atoms with Gasteiger partial charge in [-0.1, -0.05) is 29.8 Å². The van der Waals surface area contributed by atoms with E-state index in [-0.39, 0.29) is 12.1 Å². The number of hydrogen-bond donors (Lipinski definition) is 2. The van der Waals surface area contributed by atoms with Gasteiger partial charge in [0.25, 0.3) is 0 Å². The van der Waals surface area contributed by atoms with Gasteiger partial charge in [-0.15, -0.1) is 5.10 Å². The maximum atomic E-state index is 12.1. The van der Waals surface area contributed by atoms with Crippen LogP contribution in [0.5, 0.6) is 0 Å². The zero-order valence-corrected chi connectivity index (χ0v) is 13.6. The predicted octanol–water partition coefficient (Wildman–Crippen LogP) is 3.20. The number of hydrogen-bond acceptors (Lipinski definition) is 4. The minimum atomic E-state index is -0.308. The van der Waals surface area contributed by atoms with Gasteiger partial charge in [0, 0.05) is 10.7 Å². The van der Waals surface area contributed by atoms with Crippen molar-refractivity contribution in [3.8, 4) is 5.69 Å². The number of nitrogens with zero attached hydrogens (tertiary/aromatic N) is 4. The molecule has 8 heteroatoms. The summed E-state index contributed by atoms with van der Waals surface area (Å²) in [5, 5.41) is 17.2. The molecule has 1 atom stereocenters. The number of aromatic nitrogens is 4. The largest absolute Gasteiger partial charge is 0.331 e. The maximum Gasteiger partial charge on any atom is 0.319 e. The average Bonchev–Trinajstić information content (AvgIpc) is 3.10. The van der Waals surface area contributed by atoms with Gasteiger partial charge < -0.3 is 10.6 Å². The molecule has 3 aromatic rings. The molecule has 7 nitrogen and oxygen atoms in total. The maximum absolute atomic E-state index is 12.1. The molecule has 2 aromatic carbocycles. The molecule has 24 heavy (non-hydrogen) atoms. The van der Waals surface area contributed by atoms with Crippen molar-refractivity contribution >= 4 is 23.3 Å². The van der Waals surface area contributed by atoms with Gasteiger partial charge >= 0.3 is 6.03 Å². The fourth-order valence-corrected chi connectivity index (χ4v) is 2.54. The average molecular weight is 343 g/mol. The third-order valence-corrected chi connectivity index (χ3v) is 3.80. The number of urea groups is 1. The topological polar surface area (TPSA) is 84.7 Å². The van der Waals surface area contributed by atoms with Crippen molar-refractivity contribution in [3.05, 3.63) is 65.4 Å². The number of tetrazole rings is 1. The first kappa shape index (κ1) is 15.9. The van der Waals surface area contributed by atoms with Crippen molar-refractivity contribution < 1.29 is 4.79 Å². The van der Waals surface area contributed by atoms with E-state index in [1.165, 1.54) is 11.0 Å². The van der Waals surface area contributed by atoms with E-state index in [9.17, 15) is 4.79 Å². The molecule has 0 saturated heterocycles. The van der Waals surface area contributed by atoms with Crippen LogP contribution < -0.4 is 10.6 Å². The lowest BCUT2D eigenvalue weighted by atomic mass is 10.1. The molecule has 2 amide bonds. The second-order valence-electron chi connectivity index (χ2n) is 5.14. The van der Waals surface area contributed by atoms with E-state index in [0.29, 0.717) is 10.7 Å². The Labute approximate surface area is 143 Å². The van der Waals surface area contributed by atoms with Crippen molar-refractivity contribution in [3.63, 3.8) is 0 Å². The van der Waals surface area contributed by atoms with E-state index in [2.05, 4.69) is 26.2 Å². The summed E-state index contributed by atoms with van der Waals surface area (Å²) >= 11 is 6.14. The fourth-order valence-electron chi connectivity index (χ4n) is 2.24. The van der Waals surface area contributed by atoms with Crippen molar-refractivity contribution in [2.45, 2.75) is 13.0 Å². The third-order valence-electron chi connectivity index (χ3n) is 3.46. The molecule has 0 bridgehead atoms. The van der Waals surface area contributed by atoms with Crippen molar-refractivity contribution in [1.82, 2.24) is 25.5 Å². The van der Waals surface area contributed by atoms with E-state index >= 15 is 0 Å². The molecular formula is C16H15ClN6O. The minimum Gasteiger partial charge on any atom is -0.331 e. The molecule has 0 unspecified atom stereocenters. The lowest BCUT2D eigenvalue weighted by Gasteiger charge is -2.16. The summed E-state index contributed by atoms with van der Waals surface area (Å²) in [6, 6.07) is 14.1. The molecule has 122 valence electrons. The number of carbonyl (C=O) groups excluding carboxylic acids is 1. The van der Waals surface area contributed by atoms with Gasteiger partial charge in [0.05, 0.1) is 11.7 Å². The first-order chi connectivity index (χ1) is 11.6. The number of rotatable bonds is 4. The van der Waals surface area contributed by atoms with Gasteiger partial charge in [0.2, 0.25) is 0 Å². The molecule has 0 spiro atoms. The van der Waals surface area contributed by atoms with Crippen LogP contribution in [0.15, 0.2) is 54.9 Å². The highest BCUT2D eigenvalue weighted by Crippen LogP contribution is 2.22. The Morgan fingerprint density at radius 2 is 1.92 bits per heavy atom. The van der Waals surface area contributed by atoms with Crippen molar-refractivity contribution in [2.24, 2.45) is 0 Å². The minimum absolute atomic E-state index is 0.209. The molecular weight excluding hydrogens is 328 g/mol. The standard InChI is InChI=1S/C16H15ClN6O/c1-11(14-4-2-3-5-15(14)17)19-16(24)20-12-6-8-13(9-7-12)23-10-18-21-22-23/h2-11H,1H3,(H2,19,20,24)/t11-/m0/s1. The second-order valence-corrected chi connectivity index (χ2v) is 5.55. The molecule has 0 aliphatic heterocycles. The Morgan fingerprint density at radius 3 is 2.58 bits per heavy atom. The Morgan fingerprint density at radius 1 is 1.17 bits per heavy atom. The summed E-state index contributed by atoms with van der Waals surface area (Å²) < 4.78 is 1.53. The summed E-state index contributed by atoms with van der Waals surface area (Å²) in [4.78, 5) is 12.1. The molecule has 0 radical (unpaired) electrons. The van der Waals surface area contributed by atoms with Gasteiger partial charge in [-0.2, -0.15) is 0 Å². The van der Waals surface area contributed by atoms with E-state index in [4.69, 9.17) is 11.6 Å². The predicted molar refractivity (Wildman–Crippen MR) is 91.2 cm³/mol. The second kappa shape index (κ2) is 7.10. The highest BCUT2D eigenvalue weighted by molar-refractivity contribution is 6.31. The summed E-state index contributed by atoms with van der Waals surface area (Å²) in [5.74, 6) is 0. The smallest absolute Gasteiger partial charge is 0.319 e. The summed E-state index contributed by atoms with van der Waals surface area (Å²) in [6.07, 6.45) is 1.50.